The van der Waals surface area contributed by atoms with Crippen molar-refractivity contribution in [2.45, 2.75) is 26.4 Å². The van der Waals surface area contributed by atoms with E-state index in [-0.39, 0.29) is 0 Å². The molecule has 3 heteroatoms. The lowest BCUT2D eigenvalue weighted by Gasteiger charge is -2.12. The van der Waals surface area contributed by atoms with Crippen molar-refractivity contribution in [1.29, 1.82) is 0 Å². The van der Waals surface area contributed by atoms with Gasteiger partial charge in [-0.05, 0) is 11.6 Å². The van der Waals surface area contributed by atoms with E-state index in [2.05, 4.69) is 48.5 Å². The molecule has 0 aliphatic carbocycles. The van der Waals surface area contributed by atoms with Gasteiger partial charge in [-0.25, -0.2) is 0 Å². The summed E-state index contributed by atoms with van der Waals surface area (Å²) in [6, 6.07) is 11.0. The summed E-state index contributed by atoms with van der Waals surface area (Å²) in [4.78, 5) is 0. The number of aromatic nitrogens is 2. The first-order valence-electron chi connectivity index (χ1n) is 5.98. The molecule has 0 radical (unpaired) electrons. The Kier molecular flexibility index (Phi) is 3.59. The van der Waals surface area contributed by atoms with Gasteiger partial charge in [0.2, 0.25) is 0 Å². The molecule has 0 fully saturated rings. The Morgan fingerprint density at radius 1 is 1.24 bits per heavy atom. The van der Waals surface area contributed by atoms with E-state index in [0.29, 0.717) is 6.04 Å². The van der Waals surface area contributed by atoms with Crippen LogP contribution in [0.2, 0.25) is 0 Å². The van der Waals surface area contributed by atoms with Gasteiger partial charge in [-0.3, -0.25) is 4.68 Å². The first kappa shape index (κ1) is 11.9. The highest BCUT2D eigenvalue weighted by Gasteiger charge is 2.07. The first-order valence-corrected chi connectivity index (χ1v) is 5.98. The standard InChI is InChI=1S/C14H19N3/c1-11(2)15-10-12-6-4-5-7-13(12)14-8-9-16-17(14)3/h4-9,11,15H,10H2,1-3H3. The van der Waals surface area contributed by atoms with Crippen molar-refractivity contribution in [3.63, 3.8) is 0 Å². The second kappa shape index (κ2) is 5.15. The molecule has 0 saturated heterocycles. The van der Waals surface area contributed by atoms with Crippen LogP contribution in [0.25, 0.3) is 11.3 Å². The second-order valence-electron chi connectivity index (χ2n) is 4.53. The molecule has 0 amide bonds. The van der Waals surface area contributed by atoms with Crippen LogP contribution >= 0.6 is 0 Å². The smallest absolute Gasteiger partial charge is 0.0682 e. The molecule has 1 heterocycles. The van der Waals surface area contributed by atoms with Crippen molar-refractivity contribution in [1.82, 2.24) is 15.1 Å². The normalized spacial score (nSPS) is 11.1. The Balaban J connectivity index is 2.31. The molecule has 0 spiro atoms. The molecule has 1 N–H and O–H groups in total. The Labute approximate surface area is 102 Å². The number of rotatable bonds is 4. The summed E-state index contributed by atoms with van der Waals surface area (Å²) in [6.07, 6.45) is 1.84. The van der Waals surface area contributed by atoms with Crippen molar-refractivity contribution in [3.8, 4) is 11.3 Å². The number of nitrogens with zero attached hydrogens (tertiary/aromatic N) is 2. The number of benzene rings is 1. The molecular formula is C14H19N3. The van der Waals surface area contributed by atoms with Gasteiger partial charge >= 0.3 is 0 Å². The lowest BCUT2D eigenvalue weighted by molar-refractivity contribution is 0.589. The molecule has 1 aromatic heterocycles. The largest absolute Gasteiger partial charge is 0.310 e. The highest BCUT2D eigenvalue weighted by atomic mass is 15.3. The summed E-state index contributed by atoms with van der Waals surface area (Å²) in [6.45, 7) is 5.21. The van der Waals surface area contributed by atoms with Crippen molar-refractivity contribution in [3.05, 3.63) is 42.1 Å². The monoisotopic (exact) mass is 229 g/mol. The third-order valence-electron chi connectivity index (χ3n) is 2.81. The molecule has 2 rings (SSSR count). The zero-order valence-corrected chi connectivity index (χ0v) is 10.6. The topological polar surface area (TPSA) is 29.9 Å². The first-order chi connectivity index (χ1) is 8.18. The summed E-state index contributed by atoms with van der Waals surface area (Å²) in [7, 11) is 1.97. The minimum atomic E-state index is 0.495. The summed E-state index contributed by atoms with van der Waals surface area (Å²) in [5, 5.41) is 7.68. The van der Waals surface area contributed by atoms with Crippen LogP contribution in [0, 0.1) is 0 Å². The van der Waals surface area contributed by atoms with Crippen LogP contribution in [0.1, 0.15) is 19.4 Å². The maximum atomic E-state index is 4.23. The zero-order valence-electron chi connectivity index (χ0n) is 10.6. The molecule has 90 valence electrons. The van der Waals surface area contributed by atoms with Crippen LogP contribution in [0.4, 0.5) is 0 Å². The number of hydrogen-bond acceptors (Lipinski definition) is 2. The fourth-order valence-electron chi connectivity index (χ4n) is 1.88. The number of aryl methyl sites for hydroxylation is 1. The maximum Gasteiger partial charge on any atom is 0.0682 e. The van der Waals surface area contributed by atoms with Crippen LogP contribution in [0.5, 0.6) is 0 Å². The summed E-state index contributed by atoms with van der Waals surface area (Å²) >= 11 is 0. The Hall–Kier alpha value is -1.61. The molecule has 1 aromatic carbocycles. The third-order valence-corrected chi connectivity index (χ3v) is 2.81. The second-order valence-corrected chi connectivity index (χ2v) is 4.53. The molecule has 0 saturated carbocycles. The van der Waals surface area contributed by atoms with Gasteiger partial charge in [0.05, 0.1) is 5.69 Å². The fraction of sp³-hybridized carbons (Fsp3) is 0.357. The summed E-state index contributed by atoms with van der Waals surface area (Å²) in [5.74, 6) is 0. The minimum Gasteiger partial charge on any atom is -0.310 e. The van der Waals surface area contributed by atoms with Gasteiger partial charge in [0.1, 0.15) is 0 Å². The van der Waals surface area contributed by atoms with Crippen LogP contribution in [-0.2, 0) is 13.6 Å². The molecule has 0 aliphatic heterocycles. The molecule has 0 aliphatic rings. The fourth-order valence-corrected chi connectivity index (χ4v) is 1.88. The predicted molar refractivity (Wildman–Crippen MR) is 70.6 cm³/mol. The lowest BCUT2D eigenvalue weighted by atomic mass is 10.0. The van der Waals surface area contributed by atoms with Gasteiger partial charge < -0.3 is 5.32 Å². The van der Waals surface area contributed by atoms with Crippen molar-refractivity contribution in [2.75, 3.05) is 0 Å². The van der Waals surface area contributed by atoms with E-state index in [0.717, 1.165) is 12.2 Å². The number of hydrogen-bond donors (Lipinski definition) is 1. The maximum absolute atomic E-state index is 4.23. The average Bonchev–Trinajstić information content (AvgIpc) is 2.73. The van der Waals surface area contributed by atoms with E-state index in [9.17, 15) is 0 Å². The Bertz CT molecular complexity index is 486. The van der Waals surface area contributed by atoms with Gasteiger partial charge in [0.25, 0.3) is 0 Å². The zero-order chi connectivity index (χ0) is 12.3. The van der Waals surface area contributed by atoms with Gasteiger partial charge in [0, 0.05) is 31.4 Å². The summed E-state index contributed by atoms with van der Waals surface area (Å²) in [5.41, 5.74) is 3.72. The van der Waals surface area contributed by atoms with E-state index in [1.54, 1.807) is 0 Å². The molecular weight excluding hydrogens is 210 g/mol. The van der Waals surface area contributed by atoms with Gasteiger partial charge in [-0.15, -0.1) is 0 Å². The predicted octanol–water partition coefficient (Wildman–Crippen LogP) is 2.59. The van der Waals surface area contributed by atoms with Gasteiger partial charge in [-0.2, -0.15) is 5.10 Å². The summed E-state index contributed by atoms with van der Waals surface area (Å²) < 4.78 is 1.91. The van der Waals surface area contributed by atoms with E-state index in [4.69, 9.17) is 0 Å². The van der Waals surface area contributed by atoms with Crippen LogP contribution < -0.4 is 5.32 Å². The van der Waals surface area contributed by atoms with Crippen LogP contribution in [0.15, 0.2) is 36.5 Å². The average molecular weight is 229 g/mol. The third kappa shape index (κ3) is 2.74. The van der Waals surface area contributed by atoms with Gasteiger partial charge in [0.15, 0.2) is 0 Å². The van der Waals surface area contributed by atoms with Crippen LogP contribution in [0.3, 0.4) is 0 Å². The lowest BCUT2D eigenvalue weighted by Crippen LogP contribution is -2.22. The van der Waals surface area contributed by atoms with E-state index in [1.165, 1.54) is 11.1 Å². The molecule has 17 heavy (non-hydrogen) atoms. The molecule has 2 aromatic rings. The van der Waals surface area contributed by atoms with E-state index in [1.807, 2.05) is 24.0 Å². The van der Waals surface area contributed by atoms with Crippen molar-refractivity contribution < 1.29 is 0 Å². The van der Waals surface area contributed by atoms with E-state index < -0.39 is 0 Å². The Morgan fingerprint density at radius 2 is 2.00 bits per heavy atom. The highest BCUT2D eigenvalue weighted by molar-refractivity contribution is 5.63. The molecule has 0 unspecified atom stereocenters. The van der Waals surface area contributed by atoms with Gasteiger partial charge in [-0.1, -0.05) is 38.1 Å². The highest BCUT2D eigenvalue weighted by Crippen LogP contribution is 2.22. The van der Waals surface area contributed by atoms with Crippen molar-refractivity contribution >= 4 is 0 Å². The SMILES string of the molecule is CC(C)NCc1ccccc1-c1ccnn1C. The molecule has 0 atom stereocenters. The van der Waals surface area contributed by atoms with E-state index >= 15 is 0 Å². The van der Waals surface area contributed by atoms with Crippen molar-refractivity contribution in [2.24, 2.45) is 7.05 Å². The Morgan fingerprint density at radius 3 is 2.65 bits per heavy atom. The molecule has 3 nitrogen and oxygen atoms in total. The molecule has 0 bridgehead atoms. The minimum absolute atomic E-state index is 0.495. The van der Waals surface area contributed by atoms with Crippen LogP contribution in [-0.4, -0.2) is 15.8 Å². The quantitative estimate of drug-likeness (QED) is 0.873. The number of nitrogens with one attached hydrogen (secondary N) is 1.